The highest BCUT2D eigenvalue weighted by Gasteiger charge is 2.26. The van der Waals surface area contributed by atoms with Crippen LogP contribution in [0.25, 0.3) is 10.8 Å². The second kappa shape index (κ2) is 6.92. The normalized spacial score (nSPS) is 25.4. The van der Waals surface area contributed by atoms with Crippen molar-refractivity contribution in [3.05, 3.63) is 48.5 Å². The van der Waals surface area contributed by atoms with E-state index in [2.05, 4.69) is 48.5 Å². The Kier molecular flexibility index (Phi) is 4.73. The van der Waals surface area contributed by atoms with Gasteiger partial charge in [0, 0.05) is 0 Å². The molecular weight excluding hydrogens is 240 g/mol. The van der Waals surface area contributed by atoms with Crippen molar-refractivity contribution < 1.29 is 0 Å². The van der Waals surface area contributed by atoms with Gasteiger partial charge in [0.2, 0.25) is 0 Å². The van der Waals surface area contributed by atoms with Crippen molar-refractivity contribution >= 4 is 10.8 Å². The van der Waals surface area contributed by atoms with Crippen LogP contribution in [0.4, 0.5) is 0 Å². The lowest BCUT2D eigenvalue weighted by Crippen LogP contribution is -2.22. The zero-order valence-corrected chi connectivity index (χ0v) is 12.4. The summed E-state index contributed by atoms with van der Waals surface area (Å²) in [5.41, 5.74) is 0. The third kappa shape index (κ3) is 3.42. The molecule has 0 saturated heterocycles. The quantitative estimate of drug-likeness (QED) is 0.532. The van der Waals surface area contributed by atoms with Crippen molar-refractivity contribution in [2.75, 3.05) is 0 Å². The summed E-state index contributed by atoms with van der Waals surface area (Å²) >= 11 is 0. The van der Waals surface area contributed by atoms with E-state index in [-0.39, 0.29) is 0 Å². The molecule has 0 bridgehead atoms. The lowest BCUT2D eigenvalue weighted by molar-refractivity contribution is 0.171. The third-order valence-corrected chi connectivity index (χ3v) is 5.13. The molecule has 0 radical (unpaired) electrons. The van der Waals surface area contributed by atoms with Crippen molar-refractivity contribution in [3.8, 4) is 0 Å². The molecule has 0 unspecified atom stereocenters. The highest BCUT2D eigenvalue weighted by Crippen LogP contribution is 2.39. The minimum Gasteiger partial charge on any atom is -0.0616 e. The molecule has 0 heteroatoms. The smallest absolute Gasteiger partial charge is 0.0184 e. The van der Waals surface area contributed by atoms with Gasteiger partial charge in [-0.15, -0.1) is 0 Å². The van der Waals surface area contributed by atoms with Crippen LogP contribution in [0.3, 0.4) is 0 Å². The fraction of sp³-hybridized carbons (Fsp3) is 0.500. The van der Waals surface area contributed by atoms with Gasteiger partial charge >= 0.3 is 0 Å². The summed E-state index contributed by atoms with van der Waals surface area (Å²) in [7, 11) is 0. The van der Waals surface area contributed by atoms with Gasteiger partial charge in [0.15, 0.2) is 0 Å². The third-order valence-electron chi connectivity index (χ3n) is 5.13. The van der Waals surface area contributed by atoms with Crippen LogP contribution in [0.15, 0.2) is 48.5 Å². The first-order valence-electron chi connectivity index (χ1n) is 8.37. The summed E-state index contributed by atoms with van der Waals surface area (Å²) in [5.74, 6) is 2.31. The maximum atomic E-state index is 2.12. The van der Waals surface area contributed by atoms with Crippen LogP contribution in [0, 0.1) is 11.8 Å². The standard InChI is InChI=1S/C10H18.C10H8/c2*1-2-6-10-8-4-3-7-9(10)5-1/h9-10H,1-8H2;1-8H. The van der Waals surface area contributed by atoms with Gasteiger partial charge in [-0.25, -0.2) is 0 Å². The average Bonchev–Trinajstić information content (AvgIpc) is 2.56. The van der Waals surface area contributed by atoms with Crippen LogP contribution >= 0.6 is 0 Å². The van der Waals surface area contributed by atoms with Crippen LogP contribution in [0.2, 0.25) is 0 Å². The molecule has 2 aliphatic carbocycles. The van der Waals surface area contributed by atoms with E-state index >= 15 is 0 Å². The number of hydrogen-bond acceptors (Lipinski definition) is 0. The van der Waals surface area contributed by atoms with Crippen LogP contribution in [0.1, 0.15) is 51.4 Å². The Morgan fingerprint density at radius 2 is 0.800 bits per heavy atom. The molecule has 0 atom stereocenters. The summed E-state index contributed by atoms with van der Waals surface area (Å²) in [4.78, 5) is 0. The zero-order chi connectivity index (χ0) is 13.6. The minimum absolute atomic E-state index is 1.16. The zero-order valence-electron chi connectivity index (χ0n) is 12.4. The second-order valence-corrected chi connectivity index (χ2v) is 6.44. The highest BCUT2D eigenvalue weighted by atomic mass is 14.3. The topological polar surface area (TPSA) is 0 Å². The number of rotatable bonds is 0. The van der Waals surface area contributed by atoms with Crippen molar-refractivity contribution in [1.29, 1.82) is 0 Å². The van der Waals surface area contributed by atoms with Crippen molar-refractivity contribution in [1.82, 2.24) is 0 Å². The van der Waals surface area contributed by atoms with E-state index in [9.17, 15) is 0 Å². The molecule has 2 aromatic carbocycles. The first kappa shape index (κ1) is 13.7. The SMILES string of the molecule is C1CCC2CCCCC2C1.c1ccc2ccccc2c1. The summed E-state index contributed by atoms with van der Waals surface area (Å²) in [6.45, 7) is 0. The van der Waals surface area contributed by atoms with E-state index in [1.165, 1.54) is 36.5 Å². The molecule has 0 heterocycles. The Bertz CT molecular complexity index is 437. The molecule has 2 aromatic rings. The molecule has 106 valence electrons. The van der Waals surface area contributed by atoms with Gasteiger partial charge in [-0.1, -0.05) is 99.9 Å². The van der Waals surface area contributed by atoms with E-state index in [1.807, 2.05) is 0 Å². The summed E-state index contributed by atoms with van der Waals surface area (Å²) < 4.78 is 0. The monoisotopic (exact) mass is 266 g/mol. The molecule has 0 N–H and O–H groups in total. The van der Waals surface area contributed by atoms with Crippen LogP contribution in [-0.2, 0) is 0 Å². The molecule has 0 nitrogen and oxygen atoms in total. The largest absolute Gasteiger partial charge is 0.0616 e. The highest BCUT2D eigenvalue weighted by molar-refractivity contribution is 5.81. The van der Waals surface area contributed by atoms with Crippen molar-refractivity contribution in [2.24, 2.45) is 11.8 Å². The minimum atomic E-state index is 1.16. The fourth-order valence-corrected chi connectivity index (χ4v) is 3.99. The Balaban J connectivity index is 0.000000121. The Hall–Kier alpha value is -1.30. The first-order chi connectivity index (χ1) is 9.93. The van der Waals surface area contributed by atoms with Crippen molar-refractivity contribution in [2.45, 2.75) is 51.4 Å². The van der Waals surface area contributed by atoms with E-state index in [1.54, 1.807) is 25.7 Å². The Labute approximate surface area is 123 Å². The molecular formula is C20H26. The average molecular weight is 266 g/mol. The van der Waals surface area contributed by atoms with Crippen LogP contribution < -0.4 is 0 Å². The van der Waals surface area contributed by atoms with Crippen LogP contribution in [-0.4, -0.2) is 0 Å². The molecule has 0 aliphatic heterocycles. The maximum Gasteiger partial charge on any atom is -0.0184 e. The lowest BCUT2D eigenvalue weighted by atomic mass is 9.71. The first-order valence-corrected chi connectivity index (χ1v) is 8.37. The Morgan fingerprint density at radius 1 is 0.500 bits per heavy atom. The van der Waals surface area contributed by atoms with Gasteiger partial charge in [0.1, 0.15) is 0 Å². The predicted octanol–water partition coefficient (Wildman–Crippen LogP) is 6.21. The van der Waals surface area contributed by atoms with Gasteiger partial charge < -0.3 is 0 Å². The lowest BCUT2D eigenvalue weighted by Gasteiger charge is -2.35. The van der Waals surface area contributed by atoms with E-state index in [0.717, 1.165) is 11.8 Å². The van der Waals surface area contributed by atoms with E-state index in [4.69, 9.17) is 0 Å². The van der Waals surface area contributed by atoms with Gasteiger partial charge in [0.25, 0.3) is 0 Å². The molecule has 2 fully saturated rings. The van der Waals surface area contributed by atoms with Gasteiger partial charge in [0.05, 0.1) is 0 Å². The molecule has 4 rings (SSSR count). The molecule has 20 heavy (non-hydrogen) atoms. The van der Waals surface area contributed by atoms with Gasteiger partial charge in [-0.3, -0.25) is 0 Å². The number of hydrogen-bond donors (Lipinski definition) is 0. The summed E-state index contributed by atoms with van der Waals surface area (Å²) in [6.07, 6.45) is 12.4. The molecule has 2 aliphatic rings. The maximum absolute atomic E-state index is 2.12. The van der Waals surface area contributed by atoms with Crippen molar-refractivity contribution in [3.63, 3.8) is 0 Å². The van der Waals surface area contributed by atoms with Crippen LogP contribution in [0.5, 0.6) is 0 Å². The van der Waals surface area contributed by atoms with E-state index < -0.39 is 0 Å². The second-order valence-electron chi connectivity index (χ2n) is 6.44. The Morgan fingerprint density at radius 3 is 1.10 bits per heavy atom. The van der Waals surface area contributed by atoms with E-state index in [0.29, 0.717) is 0 Å². The predicted molar refractivity (Wildman–Crippen MR) is 87.9 cm³/mol. The number of fused-ring (bicyclic) bond motifs is 2. The molecule has 0 aromatic heterocycles. The summed E-state index contributed by atoms with van der Waals surface area (Å²) in [5, 5.41) is 2.62. The van der Waals surface area contributed by atoms with Gasteiger partial charge in [-0.2, -0.15) is 0 Å². The molecule has 0 amide bonds. The number of benzene rings is 2. The van der Waals surface area contributed by atoms with Gasteiger partial charge in [-0.05, 0) is 22.6 Å². The molecule has 0 spiro atoms. The fourth-order valence-electron chi connectivity index (χ4n) is 3.99. The summed E-state index contributed by atoms with van der Waals surface area (Å²) in [6, 6.07) is 16.7. The molecule has 2 saturated carbocycles.